The van der Waals surface area contributed by atoms with E-state index in [-0.39, 0.29) is 12.5 Å². The number of hydrogen-bond donors (Lipinski definition) is 1. The Labute approximate surface area is 196 Å². The van der Waals surface area contributed by atoms with Crippen LogP contribution < -0.4 is 10.1 Å². The van der Waals surface area contributed by atoms with Crippen LogP contribution in [0.4, 0.5) is 5.00 Å². The van der Waals surface area contributed by atoms with Gasteiger partial charge in [0.15, 0.2) is 0 Å². The van der Waals surface area contributed by atoms with Crippen LogP contribution in [0.3, 0.4) is 0 Å². The van der Waals surface area contributed by atoms with Gasteiger partial charge in [-0.3, -0.25) is 4.79 Å². The highest BCUT2D eigenvalue weighted by molar-refractivity contribution is 7.15. The lowest BCUT2D eigenvalue weighted by atomic mass is 10.0. The van der Waals surface area contributed by atoms with E-state index in [2.05, 4.69) is 12.2 Å². The van der Waals surface area contributed by atoms with Crippen LogP contribution in [0.1, 0.15) is 36.2 Å². The van der Waals surface area contributed by atoms with Crippen molar-refractivity contribution in [2.45, 2.75) is 20.3 Å². The maximum absolute atomic E-state index is 12.6. The van der Waals surface area contributed by atoms with E-state index in [9.17, 15) is 9.59 Å². The summed E-state index contributed by atoms with van der Waals surface area (Å²) in [5.74, 6) is -0.0344. The van der Waals surface area contributed by atoms with Gasteiger partial charge < -0.3 is 14.8 Å². The molecule has 0 bridgehead atoms. The van der Waals surface area contributed by atoms with Gasteiger partial charge in [0.25, 0.3) is 0 Å². The zero-order chi connectivity index (χ0) is 22.9. The van der Waals surface area contributed by atoms with E-state index in [0.29, 0.717) is 27.8 Å². The van der Waals surface area contributed by atoms with Gasteiger partial charge in [-0.1, -0.05) is 42.8 Å². The predicted octanol–water partition coefficient (Wildman–Crippen LogP) is 6.69. The molecule has 166 valence electrons. The third-order valence-electron chi connectivity index (χ3n) is 4.44. The first kappa shape index (κ1) is 23.6. The highest BCUT2D eigenvalue weighted by Crippen LogP contribution is 2.36. The number of carbonyl (C=O) groups is 2. The van der Waals surface area contributed by atoms with Crippen LogP contribution in [0.25, 0.3) is 17.2 Å². The Morgan fingerprint density at radius 1 is 1.06 bits per heavy atom. The fourth-order valence-corrected chi connectivity index (χ4v) is 4.00. The molecule has 0 unspecified atom stereocenters. The molecule has 0 fully saturated rings. The second-order valence-corrected chi connectivity index (χ2v) is 8.14. The van der Waals surface area contributed by atoms with E-state index in [1.807, 2.05) is 41.8 Å². The normalized spacial score (nSPS) is 10.8. The molecule has 0 atom stereocenters. The molecule has 0 spiro atoms. The molecule has 0 aliphatic heterocycles. The number of anilines is 1. The van der Waals surface area contributed by atoms with Crippen molar-refractivity contribution in [3.8, 4) is 16.9 Å². The summed E-state index contributed by atoms with van der Waals surface area (Å²) in [7, 11) is 0. The summed E-state index contributed by atoms with van der Waals surface area (Å²) in [6, 6.07) is 14.6. The Balaban J connectivity index is 1.77. The summed E-state index contributed by atoms with van der Waals surface area (Å²) >= 11 is 7.25. The van der Waals surface area contributed by atoms with Gasteiger partial charge in [0.05, 0.1) is 13.2 Å². The maximum Gasteiger partial charge on any atom is 0.341 e. The minimum Gasteiger partial charge on any atom is -0.494 e. The van der Waals surface area contributed by atoms with Crippen LogP contribution in [0.2, 0.25) is 5.02 Å². The molecule has 1 N–H and O–H groups in total. The highest BCUT2D eigenvalue weighted by Gasteiger charge is 2.22. The first-order valence-electron chi connectivity index (χ1n) is 10.3. The second-order valence-electron chi connectivity index (χ2n) is 6.82. The summed E-state index contributed by atoms with van der Waals surface area (Å²) in [5, 5.41) is 5.66. The van der Waals surface area contributed by atoms with Gasteiger partial charge >= 0.3 is 5.97 Å². The summed E-state index contributed by atoms with van der Waals surface area (Å²) in [4.78, 5) is 25.2. The molecule has 0 aliphatic carbocycles. The van der Waals surface area contributed by atoms with Gasteiger partial charge in [0.2, 0.25) is 5.91 Å². The van der Waals surface area contributed by atoms with E-state index < -0.39 is 5.97 Å². The molecule has 1 aromatic heterocycles. The Kier molecular flexibility index (Phi) is 8.48. The van der Waals surface area contributed by atoms with Crippen molar-refractivity contribution in [2.75, 3.05) is 18.5 Å². The lowest BCUT2D eigenvalue weighted by molar-refractivity contribution is -0.111. The van der Waals surface area contributed by atoms with Gasteiger partial charge in [-0.15, -0.1) is 11.3 Å². The van der Waals surface area contributed by atoms with Crippen LogP contribution in [-0.4, -0.2) is 25.1 Å². The number of carbonyl (C=O) groups excluding carboxylic acids is 2. The van der Waals surface area contributed by atoms with Crippen molar-refractivity contribution in [3.63, 3.8) is 0 Å². The highest BCUT2D eigenvalue weighted by atomic mass is 35.5. The topological polar surface area (TPSA) is 64.6 Å². The third kappa shape index (κ3) is 6.22. The number of nitrogens with one attached hydrogen (secondary N) is 1. The van der Waals surface area contributed by atoms with Crippen molar-refractivity contribution >= 4 is 45.9 Å². The van der Waals surface area contributed by atoms with Gasteiger partial charge in [-0.25, -0.2) is 4.79 Å². The molecule has 1 amide bonds. The molecule has 32 heavy (non-hydrogen) atoms. The third-order valence-corrected chi connectivity index (χ3v) is 5.59. The molecule has 0 radical (unpaired) electrons. The molecule has 7 heteroatoms. The van der Waals surface area contributed by atoms with Crippen LogP contribution >= 0.6 is 22.9 Å². The SMILES string of the molecule is CCCOc1ccc(/C=C/C(=O)Nc2scc(-c3ccc(Cl)cc3)c2C(=O)OCC)cc1. The lowest BCUT2D eigenvalue weighted by Crippen LogP contribution is -2.12. The van der Waals surface area contributed by atoms with Crippen LogP contribution in [0.15, 0.2) is 60.0 Å². The fourth-order valence-electron chi connectivity index (χ4n) is 2.92. The summed E-state index contributed by atoms with van der Waals surface area (Å²) in [5.41, 5.74) is 2.70. The number of rotatable bonds is 9. The Morgan fingerprint density at radius 2 is 1.78 bits per heavy atom. The molecule has 0 aliphatic rings. The van der Waals surface area contributed by atoms with Crippen molar-refractivity contribution in [3.05, 3.63) is 76.1 Å². The minimum absolute atomic E-state index is 0.236. The number of halogens is 1. The number of esters is 1. The Hall–Kier alpha value is -3.09. The van der Waals surface area contributed by atoms with Gasteiger partial charge in [-0.2, -0.15) is 0 Å². The van der Waals surface area contributed by atoms with Crippen molar-refractivity contribution in [2.24, 2.45) is 0 Å². The summed E-state index contributed by atoms with van der Waals surface area (Å²) < 4.78 is 10.8. The Morgan fingerprint density at radius 3 is 2.44 bits per heavy atom. The van der Waals surface area contributed by atoms with Gasteiger partial charge in [0, 0.05) is 22.0 Å². The van der Waals surface area contributed by atoms with Crippen molar-refractivity contribution < 1.29 is 19.1 Å². The quantitative estimate of drug-likeness (QED) is 0.280. The molecule has 0 saturated heterocycles. The first-order valence-corrected chi connectivity index (χ1v) is 11.5. The summed E-state index contributed by atoms with van der Waals surface area (Å²) in [6.07, 6.45) is 4.08. The molecule has 2 aromatic carbocycles. The number of thiophene rings is 1. The molecule has 1 heterocycles. The van der Waals surface area contributed by atoms with E-state index in [4.69, 9.17) is 21.1 Å². The van der Waals surface area contributed by atoms with Crippen LogP contribution in [-0.2, 0) is 9.53 Å². The van der Waals surface area contributed by atoms with Crippen LogP contribution in [0, 0.1) is 0 Å². The maximum atomic E-state index is 12.6. The minimum atomic E-state index is -0.486. The second kappa shape index (κ2) is 11.5. The zero-order valence-corrected chi connectivity index (χ0v) is 19.5. The smallest absolute Gasteiger partial charge is 0.341 e. The van der Waals surface area contributed by atoms with Crippen LogP contribution in [0.5, 0.6) is 5.75 Å². The lowest BCUT2D eigenvalue weighted by Gasteiger charge is -2.08. The monoisotopic (exact) mass is 469 g/mol. The molecule has 3 rings (SSSR count). The standard InChI is InChI=1S/C25H24ClNO4S/c1-3-15-31-20-12-5-17(6-13-20)7-14-22(28)27-24-23(25(29)30-4-2)21(16-32-24)18-8-10-19(26)11-9-18/h5-14,16H,3-4,15H2,1-2H3,(H,27,28)/b14-7+. The molecule has 5 nitrogen and oxygen atoms in total. The average molecular weight is 470 g/mol. The Bertz CT molecular complexity index is 1090. The molecular weight excluding hydrogens is 446 g/mol. The molecule has 0 saturated carbocycles. The number of benzene rings is 2. The van der Waals surface area contributed by atoms with Crippen molar-refractivity contribution in [1.82, 2.24) is 0 Å². The van der Waals surface area contributed by atoms with E-state index in [1.165, 1.54) is 17.4 Å². The zero-order valence-electron chi connectivity index (χ0n) is 17.9. The largest absolute Gasteiger partial charge is 0.494 e. The van der Waals surface area contributed by atoms with E-state index in [1.54, 1.807) is 25.1 Å². The van der Waals surface area contributed by atoms with Crippen molar-refractivity contribution in [1.29, 1.82) is 0 Å². The van der Waals surface area contributed by atoms with E-state index in [0.717, 1.165) is 23.3 Å². The number of hydrogen-bond acceptors (Lipinski definition) is 5. The fraction of sp³-hybridized carbons (Fsp3) is 0.200. The number of ether oxygens (including phenoxy) is 2. The number of amides is 1. The molecular formula is C25H24ClNO4S. The van der Waals surface area contributed by atoms with Gasteiger partial charge in [-0.05, 0) is 54.8 Å². The van der Waals surface area contributed by atoms with E-state index >= 15 is 0 Å². The summed E-state index contributed by atoms with van der Waals surface area (Å²) in [6.45, 7) is 4.69. The first-order chi connectivity index (χ1) is 15.5. The van der Waals surface area contributed by atoms with Gasteiger partial charge in [0.1, 0.15) is 16.3 Å². The molecule has 3 aromatic rings. The average Bonchev–Trinajstić information content (AvgIpc) is 3.21. The predicted molar refractivity (Wildman–Crippen MR) is 131 cm³/mol.